The van der Waals surface area contributed by atoms with Crippen molar-refractivity contribution in [1.29, 1.82) is 0 Å². The molecule has 1 saturated carbocycles. The lowest BCUT2D eigenvalue weighted by Gasteiger charge is -2.49. The Morgan fingerprint density at radius 1 is 1.08 bits per heavy atom. The Morgan fingerprint density at radius 3 is 2.53 bits per heavy atom. The van der Waals surface area contributed by atoms with Crippen molar-refractivity contribution in [1.82, 2.24) is 4.90 Å². The van der Waals surface area contributed by atoms with Gasteiger partial charge in [0.15, 0.2) is 0 Å². The fourth-order valence-corrected chi connectivity index (χ4v) is 5.99. The molecule has 0 saturated heterocycles. The minimum Gasteiger partial charge on any atom is -0.497 e. The van der Waals surface area contributed by atoms with E-state index in [4.69, 9.17) is 13.9 Å². The third-order valence-electron chi connectivity index (χ3n) is 7.94. The fraction of sp³-hybridized carbons (Fsp3) is 0.379. The van der Waals surface area contributed by atoms with E-state index in [9.17, 15) is 9.59 Å². The summed E-state index contributed by atoms with van der Waals surface area (Å²) in [4.78, 5) is 28.3. The van der Waals surface area contributed by atoms with Crippen LogP contribution in [0, 0.1) is 11.8 Å². The van der Waals surface area contributed by atoms with Gasteiger partial charge in [-0.1, -0.05) is 24.3 Å². The maximum Gasteiger partial charge on any atom is 0.250 e. The molecule has 0 spiro atoms. The van der Waals surface area contributed by atoms with Gasteiger partial charge in [0.2, 0.25) is 12.3 Å². The Hall–Kier alpha value is -3.74. The highest BCUT2D eigenvalue weighted by Gasteiger charge is 2.51. The predicted molar refractivity (Wildman–Crippen MR) is 136 cm³/mol. The summed E-state index contributed by atoms with van der Waals surface area (Å²) in [6.45, 7) is 0.234. The average molecular weight is 489 g/mol. The molecule has 5 rings (SSSR count). The maximum atomic E-state index is 14.1. The van der Waals surface area contributed by atoms with Crippen molar-refractivity contribution in [2.75, 3.05) is 19.5 Å². The second-order valence-corrected chi connectivity index (χ2v) is 9.80. The smallest absolute Gasteiger partial charge is 0.250 e. The SMILES string of the molecule is COc1ccc(NC(=O)C2(N(C=O)Cc3ccco3)CC[C@@H]3Cc4ccccc4C[C@H]3C2)c(OC)c1. The molecule has 0 aliphatic heterocycles. The van der Waals surface area contributed by atoms with E-state index < -0.39 is 5.54 Å². The molecule has 0 radical (unpaired) electrons. The van der Waals surface area contributed by atoms with Crippen molar-refractivity contribution in [3.05, 3.63) is 77.7 Å². The van der Waals surface area contributed by atoms with Crippen molar-refractivity contribution in [3.63, 3.8) is 0 Å². The summed E-state index contributed by atoms with van der Waals surface area (Å²) in [5, 5.41) is 3.08. The van der Waals surface area contributed by atoms with Gasteiger partial charge in [-0.05, 0) is 79.3 Å². The molecule has 2 amide bonds. The van der Waals surface area contributed by atoms with Gasteiger partial charge in [0.1, 0.15) is 22.8 Å². The lowest BCUT2D eigenvalue weighted by atomic mass is 9.62. The number of fused-ring (bicyclic) bond motifs is 2. The second kappa shape index (κ2) is 10.1. The number of nitrogens with zero attached hydrogens (tertiary/aromatic N) is 1. The molecule has 3 aromatic rings. The van der Waals surface area contributed by atoms with Crippen LogP contribution in [0.25, 0.3) is 0 Å². The molecular formula is C29H32N2O5. The maximum absolute atomic E-state index is 14.1. The number of furan rings is 1. The number of rotatable bonds is 8. The number of hydrogen-bond donors (Lipinski definition) is 1. The van der Waals surface area contributed by atoms with E-state index in [0.717, 1.165) is 25.7 Å². The molecule has 7 nitrogen and oxygen atoms in total. The van der Waals surface area contributed by atoms with E-state index in [-0.39, 0.29) is 12.5 Å². The van der Waals surface area contributed by atoms with Crippen LogP contribution >= 0.6 is 0 Å². The number of ether oxygens (including phenoxy) is 2. The second-order valence-electron chi connectivity index (χ2n) is 9.80. The van der Waals surface area contributed by atoms with Crippen LogP contribution in [-0.4, -0.2) is 37.0 Å². The van der Waals surface area contributed by atoms with Gasteiger partial charge in [-0.25, -0.2) is 0 Å². The minimum absolute atomic E-state index is 0.207. The van der Waals surface area contributed by atoms with E-state index in [0.29, 0.717) is 47.6 Å². The van der Waals surface area contributed by atoms with Crippen LogP contribution in [0.4, 0.5) is 5.69 Å². The third kappa shape index (κ3) is 4.45. The summed E-state index contributed by atoms with van der Waals surface area (Å²) < 4.78 is 16.4. The molecule has 2 aromatic carbocycles. The Kier molecular flexibility index (Phi) is 6.72. The molecule has 1 heterocycles. The molecule has 188 valence electrons. The van der Waals surface area contributed by atoms with E-state index in [1.54, 1.807) is 49.6 Å². The van der Waals surface area contributed by atoms with Gasteiger partial charge < -0.3 is 24.1 Å². The molecule has 7 heteroatoms. The van der Waals surface area contributed by atoms with Gasteiger partial charge in [0.25, 0.3) is 0 Å². The summed E-state index contributed by atoms with van der Waals surface area (Å²) in [5.41, 5.74) is 2.28. The Bertz CT molecular complexity index is 1220. The van der Waals surface area contributed by atoms with Crippen LogP contribution < -0.4 is 14.8 Å². The molecular weight excluding hydrogens is 456 g/mol. The molecule has 0 bridgehead atoms. The van der Waals surface area contributed by atoms with Crippen LogP contribution in [0.5, 0.6) is 11.5 Å². The third-order valence-corrected chi connectivity index (χ3v) is 7.94. The highest BCUT2D eigenvalue weighted by molar-refractivity contribution is 6.00. The Morgan fingerprint density at radius 2 is 1.86 bits per heavy atom. The molecule has 1 fully saturated rings. The van der Waals surface area contributed by atoms with E-state index in [2.05, 4.69) is 29.6 Å². The van der Waals surface area contributed by atoms with Crippen LogP contribution in [-0.2, 0) is 29.0 Å². The first-order valence-electron chi connectivity index (χ1n) is 12.4. The molecule has 3 atom stereocenters. The topological polar surface area (TPSA) is 81.0 Å². The summed E-state index contributed by atoms with van der Waals surface area (Å²) in [6.07, 6.45) is 6.36. The van der Waals surface area contributed by atoms with E-state index in [1.165, 1.54) is 11.1 Å². The normalized spacial score (nSPS) is 22.6. The standard InChI is InChI=1S/C29H32N2O5/c1-34-24-9-10-26(27(16-24)35-2)30-28(33)29(31(19-32)18-25-8-5-13-36-25)12-11-22-14-20-6-3-4-7-21(20)15-23(22)17-29/h3-10,13,16,19,22-23H,11-12,14-15,17-18H2,1-2H3,(H,30,33)/t22-,23+,29?/m1/s1. The number of anilines is 1. The van der Waals surface area contributed by atoms with E-state index >= 15 is 0 Å². The fourth-order valence-electron chi connectivity index (χ4n) is 5.99. The van der Waals surface area contributed by atoms with Gasteiger partial charge in [-0.15, -0.1) is 0 Å². The minimum atomic E-state index is -1.01. The monoisotopic (exact) mass is 488 g/mol. The van der Waals surface area contributed by atoms with Crippen molar-refractivity contribution in [3.8, 4) is 11.5 Å². The lowest BCUT2D eigenvalue weighted by Crippen LogP contribution is -2.60. The number of amides is 2. The van der Waals surface area contributed by atoms with Crippen molar-refractivity contribution < 1.29 is 23.5 Å². The lowest BCUT2D eigenvalue weighted by molar-refractivity contribution is -0.143. The zero-order chi connectivity index (χ0) is 25.1. The first-order chi connectivity index (χ1) is 17.6. The molecule has 2 aliphatic carbocycles. The Labute approximate surface area is 211 Å². The molecule has 1 unspecified atom stereocenters. The van der Waals surface area contributed by atoms with Crippen LogP contribution in [0.2, 0.25) is 0 Å². The van der Waals surface area contributed by atoms with Crippen LogP contribution in [0.1, 0.15) is 36.1 Å². The number of nitrogens with one attached hydrogen (secondary N) is 1. The van der Waals surface area contributed by atoms with Gasteiger partial charge in [0.05, 0.1) is 32.7 Å². The van der Waals surface area contributed by atoms with Gasteiger partial charge in [0, 0.05) is 6.07 Å². The number of carbonyl (C=O) groups is 2. The van der Waals surface area contributed by atoms with Crippen molar-refractivity contribution >= 4 is 18.0 Å². The predicted octanol–water partition coefficient (Wildman–Crippen LogP) is 4.85. The molecule has 1 aromatic heterocycles. The van der Waals surface area contributed by atoms with Crippen molar-refractivity contribution in [2.24, 2.45) is 11.8 Å². The van der Waals surface area contributed by atoms with Crippen molar-refractivity contribution in [2.45, 2.75) is 44.2 Å². The first-order valence-corrected chi connectivity index (χ1v) is 12.4. The van der Waals surface area contributed by atoms with Crippen LogP contribution in [0.3, 0.4) is 0 Å². The molecule has 2 aliphatic rings. The van der Waals surface area contributed by atoms with Gasteiger partial charge in [-0.2, -0.15) is 0 Å². The molecule has 1 N–H and O–H groups in total. The Balaban J connectivity index is 1.48. The summed E-state index contributed by atoms with van der Waals surface area (Å²) in [5.74, 6) is 2.37. The van der Waals surface area contributed by atoms with Gasteiger partial charge in [-0.3, -0.25) is 9.59 Å². The highest BCUT2D eigenvalue weighted by Crippen LogP contribution is 2.46. The van der Waals surface area contributed by atoms with E-state index in [1.807, 2.05) is 6.07 Å². The number of hydrogen-bond acceptors (Lipinski definition) is 5. The summed E-state index contributed by atoms with van der Waals surface area (Å²) in [7, 11) is 3.14. The number of methoxy groups -OCH3 is 2. The highest BCUT2D eigenvalue weighted by atomic mass is 16.5. The van der Waals surface area contributed by atoms with Gasteiger partial charge >= 0.3 is 0 Å². The number of carbonyl (C=O) groups excluding carboxylic acids is 2. The largest absolute Gasteiger partial charge is 0.497 e. The summed E-state index contributed by atoms with van der Waals surface area (Å²) in [6, 6.07) is 17.5. The summed E-state index contributed by atoms with van der Waals surface area (Å²) >= 11 is 0. The van der Waals surface area contributed by atoms with Crippen LogP contribution in [0.15, 0.2) is 65.3 Å². The number of benzene rings is 2. The quantitative estimate of drug-likeness (QED) is 0.459. The zero-order valence-electron chi connectivity index (χ0n) is 20.7. The zero-order valence-corrected chi connectivity index (χ0v) is 20.7. The first kappa shape index (κ1) is 24.0. The average Bonchev–Trinajstić information content (AvgIpc) is 3.43. The molecule has 36 heavy (non-hydrogen) atoms.